The maximum atomic E-state index is 5.86. The van der Waals surface area contributed by atoms with Crippen LogP contribution in [0.5, 0.6) is 0 Å². The molecule has 0 aliphatic heterocycles. The van der Waals surface area contributed by atoms with Gasteiger partial charge in [0.1, 0.15) is 0 Å². The lowest BCUT2D eigenvalue weighted by Gasteiger charge is -2.19. The normalized spacial score (nSPS) is 10.8. The first-order valence-corrected chi connectivity index (χ1v) is 5.71. The van der Waals surface area contributed by atoms with Crippen LogP contribution in [0.4, 0.5) is 0 Å². The van der Waals surface area contributed by atoms with Crippen LogP contribution in [0, 0.1) is 0 Å². The Kier molecular flexibility index (Phi) is 8.75. The summed E-state index contributed by atoms with van der Waals surface area (Å²) in [4.78, 5) is 10.5. The minimum absolute atomic E-state index is 0. The lowest BCUT2D eigenvalue weighted by molar-refractivity contribution is 0.458. The van der Waals surface area contributed by atoms with Crippen molar-refractivity contribution in [3.8, 4) is 0 Å². The fraction of sp³-hybridized carbons (Fsp3) is 0.500. The van der Waals surface area contributed by atoms with Crippen LogP contribution in [0.1, 0.15) is 19.4 Å². The van der Waals surface area contributed by atoms with Crippen molar-refractivity contribution in [1.82, 2.24) is 9.88 Å². The number of guanidine groups is 1. The third-order valence-corrected chi connectivity index (χ3v) is 2.48. The van der Waals surface area contributed by atoms with E-state index in [2.05, 4.69) is 29.9 Å². The van der Waals surface area contributed by atoms with E-state index >= 15 is 0 Å². The van der Waals surface area contributed by atoms with E-state index in [0.717, 1.165) is 19.5 Å². The lowest BCUT2D eigenvalue weighted by atomic mass is 10.2. The SMILES string of the molecule is CCN(CC)C(N)=NCCc1cccnc1.I. The molecule has 0 bridgehead atoms. The number of rotatable bonds is 5. The molecule has 0 fully saturated rings. The minimum Gasteiger partial charge on any atom is -0.370 e. The summed E-state index contributed by atoms with van der Waals surface area (Å²) < 4.78 is 0. The average molecular weight is 348 g/mol. The number of aromatic nitrogens is 1. The van der Waals surface area contributed by atoms with Gasteiger partial charge in [0.25, 0.3) is 0 Å². The zero-order chi connectivity index (χ0) is 11.8. The molecule has 1 rings (SSSR count). The maximum absolute atomic E-state index is 5.86. The maximum Gasteiger partial charge on any atom is 0.191 e. The highest BCUT2D eigenvalue weighted by Crippen LogP contribution is 1.97. The second kappa shape index (κ2) is 9.21. The number of hydrogen-bond donors (Lipinski definition) is 1. The highest BCUT2D eigenvalue weighted by molar-refractivity contribution is 14.0. The Hall–Kier alpha value is -0.850. The molecule has 0 unspecified atom stereocenters. The summed E-state index contributed by atoms with van der Waals surface area (Å²) in [5.41, 5.74) is 7.06. The molecule has 1 heterocycles. The second-order valence-electron chi connectivity index (χ2n) is 3.52. The van der Waals surface area contributed by atoms with Gasteiger partial charge < -0.3 is 10.6 Å². The van der Waals surface area contributed by atoms with E-state index in [1.165, 1.54) is 5.56 Å². The van der Waals surface area contributed by atoms with Crippen LogP contribution in [0.25, 0.3) is 0 Å². The smallest absolute Gasteiger partial charge is 0.191 e. The minimum atomic E-state index is 0. The fourth-order valence-corrected chi connectivity index (χ4v) is 1.49. The summed E-state index contributed by atoms with van der Waals surface area (Å²) in [6.45, 7) is 6.67. The Morgan fingerprint density at radius 2 is 2.12 bits per heavy atom. The van der Waals surface area contributed by atoms with Crippen molar-refractivity contribution in [1.29, 1.82) is 0 Å². The molecule has 1 aromatic heterocycles. The van der Waals surface area contributed by atoms with Gasteiger partial charge >= 0.3 is 0 Å². The molecule has 0 spiro atoms. The average Bonchev–Trinajstić information content (AvgIpc) is 2.32. The standard InChI is InChI=1S/C12H20N4.HI/c1-3-16(4-2)12(13)15-9-7-11-6-5-8-14-10-11;/h5-6,8,10H,3-4,7,9H2,1-2H3,(H2,13,15);1H. The van der Waals surface area contributed by atoms with Gasteiger partial charge in [0, 0.05) is 32.0 Å². The van der Waals surface area contributed by atoms with Crippen molar-refractivity contribution in [2.24, 2.45) is 10.7 Å². The summed E-state index contributed by atoms with van der Waals surface area (Å²) in [7, 11) is 0. The largest absolute Gasteiger partial charge is 0.370 e. The van der Waals surface area contributed by atoms with E-state index in [1.807, 2.05) is 17.2 Å². The zero-order valence-electron chi connectivity index (χ0n) is 10.5. The molecule has 4 nitrogen and oxygen atoms in total. The van der Waals surface area contributed by atoms with Crippen molar-refractivity contribution in [3.63, 3.8) is 0 Å². The molecule has 0 aliphatic carbocycles. The fourth-order valence-electron chi connectivity index (χ4n) is 1.49. The summed E-state index contributed by atoms with van der Waals surface area (Å²) in [6, 6.07) is 3.99. The molecule has 5 heteroatoms. The molecular weight excluding hydrogens is 327 g/mol. The third-order valence-electron chi connectivity index (χ3n) is 2.48. The van der Waals surface area contributed by atoms with E-state index < -0.39 is 0 Å². The van der Waals surface area contributed by atoms with E-state index in [9.17, 15) is 0 Å². The summed E-state index contributed by atoms with van der Waals surface area (Å²) in [5, 5.41) is 0. The molecule has 0 amide bonds. The van der Waals surface area contributed by atoms with Gasteiger partial charge in [0.15, 0.2) is 5.96 Å². The van der Waals surface area contributed by atoms with Gasteiger partial charge in [-0.15, -0.1) is 24.0 Å². The molecule has 0 saturated heterocycles. The molecule has 17 heavy (non-hydrogen) atoms. The summed E-state index contributed by atoms with van der Waals surface area (Å²) in [5.74, 6) is 0.633. The van der Waals surface area contributed by atoms with Crippen molar-refractivity contribution in [3.05, 3.63) is 30.1 Å². The van der Waals surface area contributed by atoms with Gasteiger partial charge in [0.05, 0.1) is 0 Å². The van der Waals surface area contributed by atoms with Crippen LogP contribution in [0.2, 0.25) is 0 Å². The summed E-state index contributed by atoms with van der Waals surface area (Å²) >= 11 is 0. The first-order chi connectivity index (χ1) is 7.77. The number of halogens is 1. The highest BCUT2D eigenvalue weighted by atomic mass is 127. The van der Waals surface area contributed by atoms with Crippen LogP contribution < -0.4 is 5.73 Å². The van der Waals surface area contributed by atoms with E-state index in [1.54, 1.807) is 6.20 Å². The summed E-state index contributed by atoms with van der Waals surface area (Å²) in [6.07, 6.45) is 4.52. The molecule has 0 aliphatic rings. The Bertz CT molecular complexity index is 323. The third kappa shape index (κ3) is 5.86. The predicted molar refractivity (Wildman–Crippen MR) is 82.8 cm³/mol. The molecule has 96 valence electrons. The number of nitrogens with zero attached hydrogens (tertiary/aromatic N) is 3. The van der Waals surface area contributed by atoms with E-state index in [0.29, 0.717) is 12.5 Å². The van der Waals surface area contributed by atoms with Gasteiger partial charge in [-0.25, -0.2) is 0 Å². The lowest BCUT2D eigenvalue weighted by Crippen LogP contribution is -2.37. The molecule has 0 radical (unpaired) electrons. The van der Waals surface area contributed by atoms with Gasteiger partial charge in [-0.3, -0.25) is 9.98 Å². The number of nitrogens with two attached hydrogens (primary N) is 1. The topological polar surface area (TPSA) is 54.5 Å². The Labute approximate surface area is 120 Å². The molecule has 0 saturated carbocycles. The highest BCUT2D eigenvalue weighted by Gasteiger charge is 2.00. The van der Waals surface area contributed by atoms with Crippen LogP contribution in [0.15, 0.2) is 29.5 Å². The number of pyridine rings is 1. The first kappa shape index (κ1) is 16.1. The van der Waals surface area contributed by atoms with Crippen molar-refractivity contribution < 1.29 is 0 Å². The van der Waals surface area contributed by atoms with Crippen LogP contribution in [-0.4, -0.2) is 35.5 Å². The van der Waals surface area contributed by atoms with Gasteiger partial charge in [-0.2, -0.15) is 0 Å². The van der Waals surface area contributed by atoms with Gasteiger partial charge in [-0.05, 0) is 31.9 Å². The van der Waals surface area contributed by atoms with Crippen molar-refractivity contribution in [2.45, 2.75) is 20.3 Å². The number of hydrogen-bond acceptors (Lipinski definition) is 2. The van der Waals surface area contributed by atoms with Crippen molar-refractivity contribution in [2.75, 3.05) is 19.6 Å². The zero-order valence-corrected chi connectivity index (χ0v) is 12.8. The molecule has 0 aromatic carbocycles. The molecule has 1 aromatic rings. The monoisotopic (exact) mass is 348 g/mol. The Morgan fingerprint density at radius 1 is 1.41 bits per heavy atom. The first-order valence-electron chi connectivity index (χ1n) is 5.71. The van der Waals surface area contributed by atoms with E-state index in [4.69, 9.17) is 5.73 Å². The Balaban J connectivity index is 0.00000256. The molecule has 0 atom stereocenters. The number of aliphatic imine (C=N–C) groups is 1. The Morgan fingerprint density at radius 3 is 2.65 bits per heavy atom. The second-order valence-corrected chi connectivity index (χ2v) is 3.52. The van der Waals surface area contributed by atoms with Gasteiger partial charge in [-0.1, -0.05) is 6.07 Å². The quantitative estimate of drug-likeness (QED) is 0.502. The molecular formula is C12H21IN4. The van der Waals surface area contributed by atoms with Gasteiger partial charge in [0.2, 0.25) is 0 Å². The van der Waals surface area contributed by atoms with Crippen molar-refractivity contribution >= 4 is 29.9 Å². The van der Waals surface area contributed by atoms with Crippen LogP contribution >= 0.6 is 24.0 Å². The van der Waals surface area contributed by atoms with Crippen LogP contribution in [-0.2, 0) is 6.42 Å². The van der Waals surface area contributed by atoms with E-state index in [-0.39, 0.29) is 24.0 Å². The predicted octanol–water partition coefficient (Wildman–Crippen LogP) is 1.90. The molecule has 2 N–H and O–H groups in total. The van der Waals surface area contributed by atoms with Crippen LogP contribution in [0.3, 0.4) is 0 Å².